The summed E-state index contributed by atoms with van der Waals surface area (Å²) in [5.41, 5.74) is 1.16. The Morgan fingerprint density at radius 2 is 1.63 bits per heavy atom. The van der Waals surface area contributed by atoms with Gasteiger partial charge in [-0.15, -0.1) is 0 Å². The third kappa shape index (κ3) is 3.95. The van der Waals surface area contributed by atoms with Crippen molar-refractivity contribution in [3.05, 3.63) is 0 Å². The summed E-state index contributed by atoms with van der Waals surface area (Å²) in [5.74, 6) is 0. The lowest BCUT2D eigenvalue weighted by molar-refractivity contribution is 0.0593. The Morgan fingerprint density at radius 1 is 1.00 bits per heavy atom. The van der Waals surface area contributed by atoms with Crippen molar-refractivity contribution in [2.24, 2.45) is 5.41 Å². The molecule has 0 amide bonds. The standard InChI is InChI=1S/C17H34N2/c1-15(2,3)13-16(4,5)19-12-8-11-18-17(14-19)9-6-7-10-17/h18H,6-14H2,1-5H3. The van der Waals surface area contributed by atoms with Gasteiger partial charge in [-0.25, -0.2) is 0 Å². The summed E-state index contributed by atoms with van der Waals surface area (Å²) < 4.78 is 0. The zero-order valence-corrected chi connectivity index (χ0v) is 13.8. The van der Waals surface area contributed by atoms with E-state index in [0.717, 1.165) is 0 Å². The largest absolute Gasteiger partial charge is 0.310 e. The van der Waals surface area contributed by atoms with Gasteiger partial charge in [-0.1, -0.05) is 33.6 Å². The van der Waals surface area contributed by atoms with Crippen molar-refractivity contribution in [3.63, 3.8) is 0 Å². The van der Waals surface area contributed by atoms with Crippen LogP contribution in [0, 0.1) is 5.41 Å². The van der Waals surface area contributed by atoms with Crippen molar-refractivity contribution in [2.45, 2.75) is 84.2 Å². The van der Waals surface area contributed by atoms with Crippen LogP contribution in [-0.2, 0) is 0 Å². The van der Waals surface area contributed by atoms with Crippen LogP contribution in [0.4, 0.5) is 0 Å². The second-order valence-electron chi connectivity index (χ2n) is 8.74. The van der Waals surface area contributed by atoms with Gasteiger partial charge in [-0.2, -0.15) is 0 Å². The number of rotatable bonds is 2. The van der Waals surface area contributed by atoms with Crippen molar-refractivity contribution in [2.75, 3.05) is 19.6 Å². The van der Waals surface area contributed by atoms with Crippen LogP contribution in [0.3, 0.4) is 0 Å². The summed E-state index contributed by atoms with van der Waals surface area (Å²) in [6.07, 6.45) is 8.18. The van der Waals surface area contributed by atoms with Gasteiger partial charge in [0.05, 0.1) is 0 Å². The fourth-order valence-electron chi connectivity index (χ4n) is 4.44. The summed E-state index contributed by atoms with van der Waals surface area (Å²) in [6.45, 7) is 15.7. The van der Waals surface area contributed by atoms with Crippen molar-refractivity contribution in [1.82, 2.24) is 10.2 Å². The van der Waals surface area contributed by atoms with Crippen LogP contribution < -0.4 is 5.32 Å². The van der Waals surface area contributed by atoms with Gasteiger partial charge in [0.25, 0.3) is 0 Å². The lowest BCUT2D eigenvalue weighted by Gasteiger charge is -2.45. The highest BCUT2D eigenvalue weighted by atomic mass is 15.2. The van der Waals surface area contributed by atoms with E-state index in [1.54, 1.807) is 0 Å². The highest BCUT2D eigenvalue weighted by molar-refractivity contribution is 5.00. The molecule has 1 spiro atoms. The first-order chi connectivity index (χ1) is 8.73. The number of nitrogens with one attached hydrogen (secondary N) is 1. The van der Waals surface area contributed by atoms with E-state index in [1.807, 2.05) is 0 Å². The third-order valence-electron chi connectivity index (χ3n) is 4.98. The molecule has 0 atom stereocenters. The minimum absolute atomic E-state index is 0.319. The Bertz CT molecular complexity index is 295. The molecule has 19 heavy (non-hydrogen) atoms. The van der Waals surface area contributed by atoms with Gasteiger partial charge in [-0.3, -0.25) is 4.90 Å². The van der Waals surface area contributed by atoms with Crippen LogP contribution >= 0.6 is 0 Å². The van der Waals surface area contributed by atoms with E-state index in [9.17, 15) is 0 Å². The molecule has 0 radical (unpaired) electrons. The van der Waals surface area contributed by atoms with Crippen molar-refractivity contribution >= 4 is 0 Å². The predicted molar refractivity (Wildman–Crippen MR) is 83.5 cm³/mol. The van der Waals surface area contributed by atoms with E-state index in [2.05, 4.69) is 44.8 Å². The van der Waals surface area contributed by atoms with Crippen LogP contribution in [0.5, 0.6) is 0 Å². The molecular weight excluding hydrogens is 232 g/mol. The molecule has 0 bridgehead atoms. The number of nitrogens with zero attached hydrogens (tertiary/aromatic N) is 1. The van der Waals surface area contributed by atoms with E-state index in [0.29, 0.717) is 16.5 Å². The molecular formula is C17H34N2. The molecule has 2 rings (SSSR count). The molecule has 0 aromatic carbocycles. The summed E-state index contributed by atoms with van der Waals surface area (Å²) >= 11 is 0. The minimum Gasteiger partial charge on any atom is -0.310 e. The quantitative estimate of drug-likeness (QED) is 0.817. The Morgan fingerprint density at radius 3 is 2.21 bits per heavy atom. The Hall–Kier alpha value is -0.0800. The van der Waals surface area contributed by atoms with Crippen LogP contribution in [0.1, 0.15) is 73.1 Å². The Labute approximate surface area is 120 Å². The molecule has 0 aromatic rings. The van der Waals surface area contributed by atoms with Crippen LogP contribution in [0.25, 0.3) is 0 Å². The van der Waals surface area contributed by atoms with E-state index >= 15 is 0 Å². The molecule has 112 valence electrons. The number of hydrogen-bond donors (Lipinski definition) is 1. The van der Waals surface area contributed by atoms with E-state index in [1.165, 1.54) is 58.2 Å². The zero-order chi connectivity index (χ0) is 14.1. The topological polar surface area (TPSA) is 15.3 Å². The van der Waals surface area contributed by atoms with E-state index in [-0.39, 0.29) is 0 Å². The fraction of sp³-hybridized carbons (Fsp3) is 1.00. The van der Waals surface area contributed by atoms with Gasteiger partial charge in [-0.05, 0) is 58.0 Å². The third-order valence-corrected chi connectivity index (χ3v) is 4.98. The maximum atomic E-state index is 3.88. The van der Waals surface area contributed by atoms with Crippen molar-refractivity contribution in [3.8, 4) is 0 Å². The molecule has 0 unspecified atom stereocenters. The molecule has 2 nitrogen and oxygen atoms in total. The molecule has 2 heteroatoms. The monoisotopic (exact) mass is 266 g/mol. The highest BCUT2D eigenvalue weighted by Gasteiger charge is 2.41. The molecule has 1 saturated heterocycles. The lowest BCUT2D eigenvalue weighted by Crippen LogP contribution is -2.55. The van der Waals surface area contributed by atoms with Crippen molar-refractivity contribution in [1.29, 1.82) is 0 Å². The van der Waals surface area contributed by atoms with Crippen LogP contribution in [-0.4, -0.2) is 35.6 Å². The predicted octanol–water partition coefficient (Wildman–Crippen LogP) is 3.81. The first-order valence-corrected chi connectivity index (χ1v) is 8.23. The maximum Gasteiger partial charge on any atom is 0.0309 e. The van der Waals surface area contributed by atoms with E-state index < -0.39 is 0 Å². The molecule has 1 aliphatic heterocycles. The van der Waals surface area contributed by atoms with Crippen molar-refractivity contribution < 1.29 is 0 Å². The van der Waals surface area contributed by atoms with Gasteiger partial charge in [0, 0.05) is 17.6 Å². The van der Waals surface area contributed by atoms with Crippen LogP contribution in [0.15, 0.2) is 0 Å². The Kier molecular flexibility index (Phi) is 4.32. The molecule has 1 saturated carbocycles. The summed E-state index contributed by atoms with van der Waals surface area (Å²) in [6, 6.07) is 0. The lowest BCUT2D eigenvalue weighted by atomic mass is 9.80. The van der Waals surface area contributed by atoms with Crippen LogP contribution in [0.2, 0.25) is 0 Å². The average Bonchev–Trinajstić information content (AvgIpc) is 2.55. The summed E-state index contributed by atoms with van der Waals surface area (Å²) in [4.78, 5) is 2.78. The minimum atomic E-state index is 0.319. The molecule has 1 aliphatic carbocycles. The SMILES string of the molecule is CC(C)(C)CC(C)(C)N1CCCNC2(CCCC2)C1. The molecule has 2 aliphatic rings. The second-order valence-corrected chi connectivity index (χ2v) is 8.74. The highest BCUT2D eigenvalue weighted by Crippen LogP contribution is 2.37. The normalized spacial score (nSPS) is 25.7. The van der Waals surface area contributed by atoms with Gasteiger partial charge >= 0.3 is 0 Å². The number of hydrogen-bond acceptors (Lipinski definition) is 2. The van der Waals surface area contributed by atoms with Gasteiger partial charge in [0.2, 0.25) is 0 Å². The first kappa shape index (κ1) is 15.3. The molecule has 1 N–H and O–H groups in total. The maximum absolute atomic E-state index is 3.88. The first-order valence-electron chi connectivity index (χ1n) is 8.23. The zero-order valence-electron chi connectivity index (χ0n) is 13.8. The average molecular weight is 266 g/mol. The van der Waals surface area contributed by atoms with Gasteiger partial charge in [0.1, 0.15) is 0 Å². The summed E-state index contributed by atoms with van der Waals surface area (Å²) in [5, 5.41) is 3.88. The van der Waals surface area contributed by atoms with E-state index in [4.69, 9.17) is 0 Å². The molecule has 0 aromatic heterocycles. The van der Waals surface area contributed by atoms with Gasteiger partial charge < -0.3 is 5.32 Å². The van der Waals surface area contributed by atoms with Gasteiger partial charge in [0.15, 0.2) is 0 Å². The molecule has 1 heterocycles. The smallest absolute Gasteiger partial charge is 0.0309 e. The fourth-order valence-corrected chi connectivity index (χ4v) is 4.44. The second kappa shape index (κ2) is 5.37. The Balaban J connectivity index is 2.09. The molecule has 2 fully saturated rings. The summed E-state index contributed by atoms with van der Waals surface area (Å²) in [7, 11) is 0.